The molecule has 0 spiro atoms. The quantitative estimate of drug-likeness (QED) is 0.572. The van der Waals surface area contributed by atoms with Crippen molar-refractivity contribution in [2.75, 3.05) is 6.26 Å². The minimum atomic E-state index is -3.99. The Morgan fingerprint density at radius 2 is 1.50 bits per heavy atom. The van der Waals surface area contributed by atoms with Crippen LogP contribution in [0.5, 0.6) is 0 Å². The highest BCUT2D eigenvalue weighted by molar-refractivity contribution is 7.86. The van der Waals surface area contributed by atoms with Crippen LogP contribution in [0.2, 0.25) is 0 Å². The van der Waals surface area contributed by atoms with E-state index in [1.165, 1.54) is 0 Å². The molecule has 0 aromatic rings. The normalized spacial score (nSPS) is 14.1. The average Bonchev–Trinajstić information content (AvgIpc) is 1.81. The summed E-state index contributed by atoms with van der Waals surface area (Å²) >= 11 is 0. The molecule has 1 atom stereocenters. The van der Waals surface area contributed by atoms with Crippen molar-refractivity contribution in [1.82, 2.24) is 0 Å². The molecule has 0 aliphatic carbocycles. The molecule has 0 saturated heterocycles. The Hall–Kier alpha value is -0.220. The maximum Gasteiger partial charge on any atom is 0.280 e. The fourth-order valence-corrected chi connectivity index (χ4v) is 0.967. The molecule has 9 heteroatoms. The molecule has 7 nitrogen and oxygen atoms in total. The van der Waals surface area contributed by atoms with E-state index in [1.54, 1.807) is 6.92 Å². The van der Waals surface area contributed by atoms with Crippen LogP contribution in [-0.2, 0) is 20.2 Å². The Bertz CT molecular complexity index is 323. The summed E-state index contributed by atoms with van der Waals surface area (Å²) in [5.74, 6) is 0. The molecule has 0 heterocycles. The Kier molecular flexibility index (Phi) is 7.30. The second-order valence-electron chi connectivity index (χ2n) is 2.58. The van der Waals surface area contributed by atoms with Gasteiger partial charge in [-0.15, -0.1) is 0 Å². The van der Waals surface area contributed by atoms with Gasteiger partial charge in [0.05, 0.1) is 6.26 Å². The number of rotatable bonds is 3. The van der Waals surface area contributed by atoms with E-state index in [9.17, 15) is 16.8 Å². The van der Waals surface area contributed by atoms with E-state index in [0.717, 1.165) is 0 Å². The van der Waals surface area contributed by atoms with Crippen LogP contribution in [0, 0.1) is 0 Å². The molecule has 14 heavy (non-hydrogen) atoms. The molecule has 0 radical (unpaired) electrons. The van der Waals surface area contributed by atoms with Crippen LogP contribution >= 0.6 is 0 Å². The zero-order valence-electron chi connectivity index (χ0n) is 7.91. The van der Waals surface area contributed by atoms with E-state index in [1.807, 2.05) is 0 Å². The topological polar surface area (TPSA) is 135 Å². The number of hydrogen-bond donors (Lipinski definition) is 3. The zero-order chi connectivity index (χ0) is 12.0. The van der Waals surface area contributed by atoms with Gasteiger partial charge in [0.25, 0.3) is 20.2 Å². The summed E-state index contributed by atoms with van der Waals surface area (Å²) in [6.07, 6.45) is 1.67. The van der Waals surface area contributed by atoms with Gasteiger partial charge >= 0.3 is 0 Å². The van der Waals surface area contributed by atoms with Crippen molar-refractivity contribution in [3.8, 4) is 0 Å². The van der Waals surface area contributed by atoms with Crippen molar-refractivity contribution in [2.45, 2.75) is 25.1 Å². The van der Waals surface area contributed by atoms with E-state index in [2.05, 4.69) is 0 Å². The zero-order valence-corrected chi connectivity index (χ0v) is 9.55. The third kappa shape index (κ3) is 17.8. The predicted molar refractivity (Wildman–Crippen MR) is 51.9 cm³/mol. The molecule has 0 fully saturated rings. The summed E-state index contributed by atoms with van der Waals surface area (Å²) in [5, 5.41) is -1.11. The monoisotopic (exact) mass is 249 g/mol. The summed E-state index contributed by atoms with van der Waals surface area (Å²) in [5.41, 5.74) is 5.02. The molecule has 4 N–H and O–H groups in total. The van der Waals surface area contributed by atoms with E-state index < -0.39 is 25.6 Å². The van der Waals surface area contributed by atoms with Crippen LogP contribution in [0.25, 0.3) is 0 Å². The molecular weight excluding hydrogens is 234 g/mol. The highest BCUT2D eigenvalue weighted by Gasteiger charge is 2.15. The second-order valence-corrected chi connectivity index (χ2v) is 5.68. The smallest absolute Gasteiger partial charge is 0.280 e. The largest absolute Gasteiger partial charge is 0.313 e. The molecule has 0 saturated carbocycles. The Morgan fingerprint density at radius 3 is 1.57 bits per heavy atom. The van der Waals surface area contributed by atoms with Gasteiger partial charge in [0.15, 0.2) is 0 Å². The van der Waals surface area contributed by atoms with Crippen molar-refractivity contribution in [3.63, 3.8) is 0 Å². The van der Waals surface area contributed by atoms with Crippen molar-refractivity contribution in [3.05, 3.63) is 0 Å². The lowest BCUT2D eigenvalue weighted by Crippen LogP contribution is -2.29. The summed E-state index contributed by atoms with van der Waals surface area (Å²) < 4.78 is 54.4. The van der Waals surface area contributed by atoms with Gasteiger partial charge in [0.1, 0.15) is 5.37 Å². The van der Waals surface area contributed by atoms with E-state index in [-0.39, 0.29) is 0 Å². The van der Waals surface area contributed by atoms with Gasteiger partial charge in [0, 0.05) is 0 Å². The van der Waals surface area contributed by atoms with Crippen LogP contribution < -0.4 is 5.73 Å². The number of nitrogens with two attached hydrogens (primary N) is 1. The molecule has 0 bridgehead atoms. The highest BCUT2D eigenvalue weighted by Crippen LogP contribution is 1.98. The molecular formula is C5H15NO6S2. The molecule has 0 aliphatic heterocycles. The lowest BCUT2D eigenvalue weighted by atomic mass is 10.3. The standard InChI is InChI=1S/C4H11NO3S.CH4O3S/c1-2-3-4(5)9(6,7)8;1-5(2,3)4/h4H,2-3,5H2,1H3,(H,6,7,8);1H3,(H,2,3,4). The second kappa shape index (κ2) is 6.30. The Balaban J connectivity index is 0. The predicted octanol–water partition coefficient (Wildman–Crippen LogP) is -0.537. The lowest BCUT2D eigenvalue weighted by Gasteiger charge is -2.03. The first kappa shape index (κ1) is 16.2. The number of hydrogen-bond acceptors (Lipinski definition) is 5. The van der Waals surface area contributed by atoms with Gasteiger partial charge in [-0.3, -0.25) is 9.11 Å². The fourth-order valence-electron chi connectivity index (χ4n) is 0.433. The molecule has 1 unspecified atom stereocenters. The van der Waals surface area contributed by atoms with Crippen molar-refractivity contribution < 1.29 is 25.9 Å². The van der Waals surface area contributed by atoms with Gasteiger partial charge in [0.2, 0.25) is 0 Å². The van der Waals surface area contributed by atoms with E-state index >= 15 is 0 Å². The van der Waals surface area contributed by atoms with E-state index in [0.29, 0.717) is 19.1 Å². The van der Waals surface area contributed by atoms with Gasteiger partial charge in [-0.05, 0) is 6.42 Å². The first-order valence-electron chi connectivity index (χ1n) is 3.62. The molecule has 0 aliphatic rings. The highest BCUT2D eigenvalue weighted by atomic mass is 32.2. The summed E-state index contributed by atoms with van der Waals surface area (Å²) in [6, 6.07) is 0. The third-order valence-electron chi connectivity index (χ3n) is 0.956. The average molecular weight is 249 g/mol. The molecule has 0 amide bonds. The maximum absolute atomic E-state index is 10.2. The minimum Gasteiger partial charge on any atom is -0.313 e. The SMILES string of the molecule is CCCC(N)S(=O)(=O)O.CS(=O)(=O)O. The van der Waals surface area contributed by atoms with Crippen LogP contribution in [0.3, 0.4) is 0 Å². The van der Waals surface area contributed by atoms with Crippen LogP contribution in [0.15, 0.2) is 0 Å². The van der Waals surface area contributed by atoms with Crippen LogP contribution in [0.1, 0.15) is 19.8 Å². The van der Waals surface area contributed by atoms with Crippen LogP contribution in [-0.4, -0.2) is 37.6 Å². The first-order chi connectivity index (χ1) is 5.98. The van der Waals surface area contributed by atoms with Crippen molar-refractivity contribution >= 4 is 20.2 Å². The minimum absolute atomic E-state index is 0.304. The maximum atomic E-state index is 10.2. The van der Waals surface area contributed by atoms with Crippen LogP contribution in [0.4, 0.5) is 0 Å². The summed E-state index contributed by atoms with van der Waals surface area (Å²) in [7, 11) is -7.65. The third-order valence-corrected chi connectivity index (χ3v) is 1.96. The fraction of sp³-hybridized carbons (Fsp3) is 1.00. The Morgan fingerprint density at radius 1 is 1.21 bits per heavy atom. The molecule has 0 aromatic heterocycles. The van der Waals surface area contributed by atoms with E-state index in [4.69, 9.17) is 14.8 Å². The van der Waals surface area contributed by atoms with Crippen molar-refractivity contribution in [2.24, 2.45) is 5.73 Å². The van der Waals surface area contributed by atoms with Gasteiger partial charge in [-0.25, -0.2) is 0 Å². The first-order valence-corrected chi connectivity index (χ1v) is 6.98. The van der Waals surface area contributed by atoms with Gasteiger partial charge in [-0.1, -0.05) is 13.3 Å². The molecule has 0 rings (SSSR count). The molecule has 88 valence electrons. The van der Waals surface area contributed by atoms with Gasteiger partial charge in [-0.2, -0.15) is 16.8 Å². The van der Waals surface area contributed by atoms with Crippen molar-refractivity contribution in [1.29, 1.82) is 0 Å². The lowest BCUT2D eigenvalue weighted by molar-refractivity contribution is 0.462. The van der Waals surface area contributed by atoms with Gasteiger partial charge < -0.3 is 5.73 Å². The summed E-state index contributed by atoms with van der Waals surface area (Å²) in [6.45, 7) is 1.80. The Labute approximate surface area is 83.8 Å². The summed E-state index contributed by atoms with van der Waals surface area (Å²) in [4.78, 5) is 0. The molecule has 0 aromatic carbocycles.